The van der Waals surface area contributed by atoms with Crippen molar-refractivity contribution >= 4 is 44.7 Å². The summed E-state index contributed by atoms with van der Waals surface area (Å²) in [5.74, 6) is -0.455. The highest BCUT2D eigenvalue weighted by Crippen LogP contribution is 2.21. The first-order chi connectivity index (χ1) is 11.1. The molecular weight excluding hydrogens is 330 g/mol. The lowest BCUT2D eigenvalue weighted by molar-refractivity contribution is -0.120. The number of rotatable bonds is 5. The SMILES string of the molecule is Cc1ccc(C(=O)NCC(=O)NCc2nc3ccccc3s2)s1. The molecular formula is C16H15N3O2S2. The molecule has 0 bridgehead atoms. The van der Waals surface area contributed by atoms with Gasteiger partial charge in [-0.3, -0.25) is 9.59 Å². The topological polar surface area (TPSA) is 71.1 Å². The fraction of sp³-hybridized carbons (Fsp3) is 0.188. The number of nitrogens with zero attached hydrogens (tertiary/aromatic N) is 1. The molecule has 0 aliphatic heterocycles. The van der Waals surface area contributed by atoms with Gasteiger partial charge in [0, 0.05) is 4.88 Å². The van der Waals surface area contributed by atoms with Crippen LogP contribution in [0.15, 0.2) is 36.4 Å². The van der Waals surface area contributed by atoms with Crippen molar-refractivity contribution in [2.24, 2.45) is 0 Å². The second-order valence-electron chi connectivity index (χ2n) is 4.95. The summed E-state index contributed by atoms with van der Waals surface area (Å²) in [4.78, 5) is 29.8. The average molecular weight is 345 g/mol. The van der Waals surface area contributed by atoms with Gasteiger partial charge in [-0.25, -0.2) is 4.98 Å². The molecule has 0 radical (unpaired) electrons. The van der Waals surface area contributed by atoms with Crippen LogP contribution in [-0.4, -0.2) is 23.3 Å². The lowest BCUT2D eigenvalue weighted by Gasteiger charge is -2.04. The van der Waals surface area contributed by atoms with Crippen LogP contribution < -0.4 is 10.6 Å². The average Bonchev–Trinajstić information content (AvgIpc) is 3.16. The standard InChI is InChI=1S/C16H15N3O2S2/c1-10-6-7-13(22-10)16(21)18-8-14(20)17-9-15-19-11-4-2-3-5-12(11)23-15/h2-7H,8-9H2,1H3,(H,17,20)(H,18,21). The van der Waals surface area contributed by atoms with Gasteiger partial charge in [0.1, 0.15) is 5.01 Å². The number of amides is 2. The van der Waals surface area contributed by atoms with E-state index in [4.69, 9.17) is 0 Å². The van der Waals surface area contributed by atoms with E-state index in [0.717, 1.165) is 20.1 Å². The van der Waals surface area contributed by atoms with Crippen molar-refractivity contribution in [3.8, 4) is 0 Å². The smallest absolute Gasteiger partial charge is 0.261 e. The van der Waals surface area contributed by atoms with E-state index < -0.39 is 0 Å². The second kappa shape index (κ2) is 6.89. The first-order valence-corrected chi connectivity index (χ1v) is 8.71. The first kappa shape index (κ1) is 15.6. The Morgan fingerprint density at radius 2 is 1.91 bits per heavy atom. The van der Waals surface area contributed by atoms with Crippen LogP contribution in [0.4, 0.5) is 0 Å². The fourth-order valence-corrected chi connectivity index (χ4v) is 3.73. The molecule has 3 rings (SSSR count). The van der Waals surface area contributed by atoms with Crippen LogP contribution in [-0.2, 0) is 11.3 Å². The second-order valence-corrected chi connectivity index (χ2v) is 7.35. The number of thiophene rings is 1. The Labute approximate surface area is 141 Å². The summed E-state index contributed by atoms with van der Waals surface area (Å²) >= 11 is 2.96. The number of fused-ring (bicyclic) bond motifs is 1. The maximum Gasteiger partial charge on any atom is 0.261 e. The molecule has 3 aromatic rings. The zero-order valence-electron chi connectivity index (χ0n) is 12.5. The van der Waals surface area contributed by atoms with Crippen LogP contribution in [0.3, 0.4) is 0 Å². The number of para-hydroxylation sites is 1. The van der Waals surface area contributed by atoms with Crippen molar-refractivity contribution in [2.75, 3.05) is 6.54 Å². The highest BCUT2D eigenvalue weighted by Gasteiger charge is 2.10. The third kappa shape index (κ3) is 3.94. The number of benzene rings is 1. The number of aryl methyl sites for hydroxylation is 1. The van der Waals surface area contributed by atoms with Gasteiger partial charge in [0.2, 0.25) is 5.91 Å². The lowest BCUT2D eigenvalue weighted by Crippen LogP contribution is -2.36. The normalized spacial score (nSPS) is 10.7. The summed E-state index contributed by atoms with van der Waals surface area (Å²) in [6, 6.07) is 11.5. The molecule has 0 aliphatic rings. The molecule has 0 saturated carbocycles. The fourth-order valence-electron chi connectivity index (χ4n) is 2.04. The van der Waals surface area contributed by atoms with Crippen LogP contribution in [0.1, 0.15) is 19.6 Å². The summed E-state index contributed by atoms with van der Waals surface area (Å²) < 4.78 is 1.10. The van der Waals surface area contributed by atoms with E-state index in [-0.39, 0.29) is 18.4 Å². The number of hydrogen-bond donors (Lipinski definition) is 2. The first-order valence-electron chi connectivity index (χ1n) is 7.07. The van der Waals surface area contributed by atoms with E-state index in [1.165, 1.54) is 11.3 Å². The Morgan fingerprint density at radius 1 is 1.09 bits per heavy atom. The van der Waals surface area contributed by atoms with E-state index in [9.17, 15) is 9.59 Å². The minimum Gasteiger partial charge on any atom is -0.348 e. The molecule has 2 N–H and O–H groups in total. The van der Waals surface area contributed by atoms with Gasteiger partial charge in [0.05, 0.1) is 28.2 Å². The zero-order chi connectivity index (χ0) is 16.2. The third-order valence-corrected chi connectivity index (χ3v) is 5.18. The quantitative estimate of drug-likeness (QED) is 0.747. The summed E-state index contributed by atoms with van der Waals surface area (Å²) in [5, 5.41) is 6.23. The maximum atomic E-state index is 11.9. The highest BCUT2D eigenvalue weighted by molar-refractivity contribution is 7.18. The molecule has 2 aromatic heterocycles. The van der Waals surface area contributed by atoms with Crippen molar-refractivity contribution in [3.05, 3.63) is 51.2 Å². The molecule has 118 valence electrons. The molecule has 23 heavy (non-hydrogen) atoms. The van der Waals surface area contributed by atoms with Crippen molar-refractivity contribution < 1.29 is 9.59 Å². The van der Waals surface area contributed by atoms with Crippen molar-refractivity contribution in [1.82, 2.24) is 15.6 Å². The predicted octanol–water partition coefficient (Wildman–Crippen LogP) is 2.71. The summed E-state index contributed by atoms with van der Waals surface area (Å²) in [6.07, 6.45) is 0. The van der Waals surface area contributed by atoms with E-state index in [1.54, 1.807) is 17.4 Å². The van der Waals surface area contributed by atoms with Gasteiger partial charge in [-0.1, -0.05) is 12.1 Å². The Morgan fingerprint density at radius 3 is 2.65 bits per heavy atom. The summed E-state index contributed by atoms with van der Waals surface area (Å²) in [6.45, 7) is 2.26. The van der Waals surface area contributed by atoms with Gasteiger partial charge >= 0.3 is 0 Å². The molecule has 2 amide bonds. The number of carbonyl (C=O) groups is 2. The number of nitrogens with one attached hydrogen (secondary N) is 2. The number of carbonyl (C=O) groups excluding carboxylic acids is 2. The van der Waals surface area contributed by atoms with Gasteiger partial charge in [-0.05, 0) is 31.2 Å². The molecule has 0 aliphatic carbocycles. The van der Waals surface area contributed by atoms with Crippen molar-refractivity contribution in [3.63, 3.8) is 0 Å². The zero-order valence-corrected chi connectivity index (χ0v) is 14.1. The Hall–Kier alpha value is -2.25. The third-order valence-electron chi connectivity index (χ3n) is 3.15. The maximum absolute atomic E-state index is 11.9. The molecule has 0 spiro atoms. The molecule has 0 atom stereocenters. The van der Waals surface area contributed by atoms with E-state index in [1.807, 2.05) is 37.3 Å². The van der Waals surface area contributed by atoms with E-state index in [2.05, 4.69) is 15.6 Å². The van der Waals surface area contributed by atoms with Crippen LogP contribution in [0.25, 0.3) is 10.2 Å². The number of hydrogen-bond acceptors (Lipinski definition) is 5. The Balaban J connectivity index is 1.48. The molecule has 5 nitrogen and oxygen atoms in total. The van der Waals surface area contributed by atoms with Gasteiger partial charge in [-0.15, -0.1) is 22.7 Å². The number of aromatic nitrogens is 1. The van der Waals surface area contributed by atoms with Crippen LogP contribution >= 0.6 is 22.7 Å². The lowest BCUT2D eigenvalue weighted by atomic mass is 10.3. The number of thiazole rings is 1. The van der Waals surface area contributed by atoms with Crippen LogP contribution in [0.5, 0.6) is 0 Å². The molecule has 1 aromatic carbocycles. The summed E-state index contributed by atoms with van der Waals surface area (Å²) in [7, 11) is 0. The van der Waals surface area contributed by atoms with Crippen molar-refractivity contribution in [2.45, 2.75) is 13.5 Å². The summed E-state index contributed by atoms with van der Waals surface area (Å²) in [5.41, 5.74) is 0.933. The molecule has 0 fully saturated rings. The van der Waals surface area contributed by atoms with Crippen molar-refractivity contribution in [1.29, 1.82) is 0 Å². The van der Waals surface area contributed by atoms with Crippen LogP contribution in [0.2, 0.25) is 0 Å². The molecule has 0 unspecified atom stereocenters. The predicted molar refractivity (Wildman–Crippen MR) is 92.9 cm³/mol. The minimum absolute atomic E-state index is 0.0410. The molecule has 0 saturated heterocycles. The highest BCUT2D eigenvalue weighted by atomic mass is 32.1. The van der Waals surface area contributed by atoms with Gasteiger partial charge in [0.15, 0.2) is 0 Å². The minimum atomic E-state index is -0.231. The van der Waals surface area contributed by atoms with E-state index >= 15 is 0 Å². The Kier molecular flexibility index (Phi) is 4.68. The van der Waals surface area contributed by atoms with Crippen LogP contribution in [0, 0.1) is 6.92 Å². The van der Waals surface area contributed by atoms with Gasteiger partial charge in [-0.2, -0.15) is 0 Å². The molecule has 2 heterocycles. The largest absolute Gasteiger partial charge is 0.348 e. The monoisotopic (exact) mass is 345 g/mol. The molecule has 7 heteroatoms. The van der Waals surface area contributed by atoms with Gasteiger partial charge in [0.25, 0.3) is 5.91 Å². The van der Waals surface area contributed by atoms with E-state index in [0.29, 0.717) is 11.4 Å². The Bertz CT molecular complexity index is 821. The van der Waals surface area contributed by atoms with Gasteiger partial charge < -0.3 is 10.6 Å².